The minimum atomic E-state index is -0.989. The third-order valence-electron chi connectivity index (χ3n) is 3.74. The van der Waals surface area contributed by atoms with E-state index in [2.05, 4.69) is 19.1 Å². The fourth-order valence-corrected chi connectivity index (χ4v) is 2.42. The summed E-state index contributed by atoms with van der Waals surface area (Å²) in [6.07, 6.45) is 7.94. The topological polar surface area (TPSA) is 79.2 Å². The van der Waals surface area contributed by atoms with Crippen molar-refractivity contribution in [1.29, 1.82) is 0 Å². The van der Waals surface area contributed by atoms with E-state index in [0.717, 1.165) is 12.8 Å². The Morgan fingerprint density at radius 1 is 1.14 bits per heavy atom. The van der Waals surface area contributed by atoms with Crippen LogP contribution in [-0.2, 0) is 9.47 Å². The molecular weight excluding hydrogens is 272 g/mol. The maximum atomic E-state index is 9.93. The van der Waals surface area contributed by atoms with Gasteiger partial charge >= 0.3 is 0 Å². The highest BCUT2D eigenvalue weighted by molar-refractivity contribution is 4.88. The molecule has 21 heavy (non-hydrogen) atoms. The number of allylic oxidation sites excluding steroid dienone is 1. The van der Waals surface area contributed by atoms with Crippen LogP contribution in [0.15, 0.2) is 12.2 Å². The summed E-state index contributed by atoms with van der Waals surface area (Å²) in [5.41, 5.74) is 0. The van der Waals surface area contributed by atoms with Gasteiger partial charge in [0.05, 0.1) is 19.8 Å². The van der Waals surface area contributed by atoms with Crippen LogP contribution in [0.25, 0.3) is 0 Å². The van der Waals surface area contributed by atoms with Gasteiger partial charge in [-0.25, -0.2) is 0 Å². The zero-order valence-electron chi connectivity index (χ0n) is 13.0. The Morgan fingerprint density at radius 2 is 1.90 bits per heavy atom. The summed E-state index contributed by atoms with van der Waals surface area (Å²) in [5, 5.41) is 28.8. The zero-order valence-corrected chi connectivity index (χ0v) is 13.0. The highest BCUT2D eigenvalue weighted by Gasteiger charge is 2.38. The molecule has 1 aliphatic heterocycles. The molecule has 0 aliphatic carbocycles. The minimum Gasteiger partial charge on any atom is -0.394 e. The predicted molar refractivity (Wildman–Crippen MR) is 81.1 cm³/mol. The molecule has 4 atom stereocenters. The van der Waals surface area contributed by atoms with Crippen LogP contribution >= 0.6 is 0 Å². The summed E-state index contributed by atoms with van der Waals surface area (Å²) in [6.45, 7) is 2.46. The normalized spacial score (nSPS) is 30.1. The monoisotopic (exact) mass is 302 g/mol. The summed E-state index contributed by atoms with van der Waals surface area (Å²) >= 11 is 0. The predicted octanol–water partition coefficient (Wildman–Crippen LogP) is 1.40. The van der Waals surface area contributed by atoms with E-state index in [0.29, 0.717) is 6.61 Å². The van der Waals surface area contributed by atoms with E-state index in [1.807, 2.05) is 0 Å². The van der Waals surface area contributed by atoms with E-state index in [1.165, 1.54) is 25.7 Å². The second kappa shape index (κ2) is 11.2. The summed E-state index contributed by atoms with van der Waals surface area (Å²) in [6, 6.07) is 0. The molecule has 0 aromatic heterocycles. The van der Waals surface area contributed by atoms with Crippen molar-refractivity contribution in [3.63, 3.8) is 0 Å². The maximum Gasteiger partial charge on any atom is 0.114 e. The number of rotatable bonds is 10. The zero-order chi connectivity index (χ0) is 15.5. The number of unbranched alkanes of at least 4 members (excludes halogenated alkanes) is 4. The number of hydrogen-bond acceptors (Lipinski definition) is 5. The number of aliphatic hydroxyl groups excluding tert-OH is 3. The molecular formula is C16H30O5. The smallest absolute Gasteiger partial charge is 0.114 e. The van der Waals surface area contributed by atoms with Crippen molar-refractivity contribution >= 4 is 0 Å². The molecule has 5 heteroatoms. The molecule has 1 heterocycles. The van der Waals surface area contributed by atoms with E-state index in [9.17, 15) is 10.2 Å². The van der Waals surface area contributed by atoms with Gasteiger partial charge in [0, 0.05) is 0 Å². The van der Waals surface area contributed by atoms with Gasteiger partial charge in [0.2, 0.25) is 0 Å². The molecule has 3 N–H and O–H groups in total. The lowest BCUT2D eigenvalue weighted by molar-refractivity contribution is -0.210. The van der Waals surface area contributed by atoms with Gasteiger partial charge in [-0.1, -0.05) is 38.3 Å². The van der Waals surface area contributed by atoms with Crippen LogP contribution in [0.5, 0.6) is 0 Å². The lowest BCUT2D eigenvalue weighted by atomic mass is 10.0. The summed E-state index contributed by atoms with van der Waals surface area (Å²) < 4.78 is 10.7. The first-order chi connectivity index (χ1) is 10.2. The molecule has 0 radical (unpaired) electrons. The number of hydrogen-bond donors (Lipinski definition) is 3. The van der Waals surface area contributed by atoms with Gasteiger partial charge in [0.15, 0.2) is 0 Å². The highest BCUT2D eigenvalue weighted by Crippen LogP contribution is 2.18. The Bertz CT molecular complexity index is 282. The molecule has 0 spiro atoms. The van der Waals surface area contributed by atoms with Gasteiger partial charge < -0.3 is 24.8 Å². The van der Waals surface area contributed by atoms with Crippen molar-refractivity contribution in [2.75, 3.05) is 19.8 Å². The maximum absolute atomic E-state index is 9.93. The van der Waals surface area contributed by atoms with Crippen LogP contribution in [0.2, 0.25) is 0 Å². The minimum absolute atomic E-state index is 0.0836. The molecule has 0 saturated carbocycles. The second-order valence-corrected chi connectivity index (χ2v) is 5.56. The Morgan fingerprint density at radius 3 is 2.62 bits per heavy atom. The van der Waals surface area contributed by atoms with Crippen molar-refractivity contribution in [2.45, 2.75) is 69.9 Å². The van der Waals surface area contributed by atoms with Crippen LogP contribution in [0.3, 0.4) is 0 Å². The summed E-state index contributed by atoms with van der Waals surface area (Å²) in [4.78, 5) is 0. The number of ether oxygens (including phenoxy) is 2. The average Bonchev–Trinajstić information content (AvgIpc) is 2.48. The molecule has 1 aliphatic rings. The fraction of sp³-hybridized carbons (Fsp3) is 0.875. The Kier molecular flexibility index (Phi) is 9.87. The fourth-order valence-electron chi connectivity index (χ4n) is 2.42. The Hall–Kier alpha value is -0.460. The van der Waals surface area contributed by atoms with Crippen molar-refractivity contribution < 1.29 is 24.8 Å². The molecule has 1 fully saturated rings. The van der Waals surface area contributed by atoms with E-state index in [-0.39, 0.29) is 13.2 Å². The summed E-state index contributed by atoms with van der Waals surface area (Å²) in [5.74, 6) is 0. The first-order valence-corrected chi connectivity index (χ1v) is 8.05. The van der Waals surface area contributed by atoms with Crippen LogP contribution < -0.4 is 0 Å². The molecule has 124 valence electrons. The first-order valence-electron chi connectivity index (χ1n) is 8.05. The Balaban J connectivity index is 2.14. The van der Waals surface area contributed by atoms with Gasteiger partial charge in [-0.15, -0.1) is 0 Å². The average molecular weight is 302 g/mol. The summed E-state index contributed by atoms with van der Waals surface area (Å²) in [7, 11) is 0. The molecule has 0 aromatic rings. The van der Waals surface area contributed by atoms with Crippen molar-refractivity contribution in [3.05, 3.63) is 12.2 Å². The first kappa shape index (κ1) is 18.6. The number of aliphatic hydroxyl groups is 3. The van der Waals surface area contributed by atoms with Gasteiger partial charge in [-0.2, -0.15) is 0 Å². The van der Waals surface area contributed by atoms with Gasteiger partial charge in [-0.3, -0.25) is 0 Å². The Labute approximate surface area is 127 Å². The van der Waals surface area contributed by atoms with Crippen molar-refractivity contribution in [1.82, 2.24) is 0 Å². The molecule has 1 rings (SSSR count). The van der Waals surface area contributed by atoms with E-state index < -0.39 is 24.4 Å². The van der Waals surface area contributed by atoms with E-state index >= 15 is 0 Å². The SMILES string of the molecule is CCCCCC/C=C/CCO[C@@H]1[C@@H](O)[C@H](CO)OC[C@H]1O. The van der Waals surface area contributed by atoms with Gasteiger partial charge in [0.1, 0.15) is 24.4 Å². The third kappa shape index (κ3) is 6.89. The van der Waals surface area contributed by atoms with Gasteiger partial charge in [0.25, 0.3) is 0 Å². The largest absolute Gasteiger partial charge is 0.394 e. The van der Waals surface area contributed by atoms with Crippen molar-refractivity contribution in [3.8, 4) is 0 Å². The molecule has 5 nitrogen and oxygen atoms in total. The molecule has 0 bridgehead atoms. The van der Waals surface area contributed by atoms with Gasteiger partial charge in [-0.05, 0) is 19.3 Å². The highest BCUT2D eigenvalue weighted by atomic mass is 16.6. The standard InChI is InChI=1S/C16H30O5/c1-2-3-4-5-6-7-8-9-10-20-16-13(18)12-21-14(11-17)15(16)19/h7-8,13-19H,2-6,9-12H2,1H3/b8-7+/t13-,14+,15+,16+/m1/s1. The van der Waals surface area contributed by atoms with Crippen LogP contribution in [0.4, 0.5) is 0 Å². The van der Waals surface area contributed by atoms with E-state index in [4.69, 9.17) is 14.6 Å². The molecule has 0 unspecified atom stereocenters. The second-order valence-electron chi connectivity index (χ2n) is 5.56. The van der Waals surface area contributed by atoms with E-state index in [1.54, 1.807) is 0 Å². The lowest BCUT2D eigenvalue weighted by Crippen LogP contribution is -2.55. The molecule has 0 amide bonds. The quantitative estimate of drug-likeness (QED) is 0.420. The molecule has 1 saturated heterocycles. The van der Waals surface area contributed by atoms with Crippen LogP contribution in [-0.4, -0.2) is 59.6 Å². The van der Waals surface area contributed by atoms with Crippen LogP contribution in [0.1, 0.15) is 45.4 Å². The molecule has 0 aromatic carbocycles. The van der Waals surface area contributed by atoms with Crippen molar-refractivity contribution in [2.24, 2.45) is 0 Å². The van der Waals surface area contributed by atoms with Crippen LogP contribution in [0, 0.1) is 0 Å². The lowest BCUT2D eigenvalue weighted by Gasteiger charge is -2.37. The third-order valence-corrected chi connectivity index (χ3v) is 3.74.